The topological polar surface area (TPSA) is 52.6 Å². The molecule has 0 unspecified atom stereocenters. The third-order valence-corrected chi connectivity index (χ3v) is 4.99. The van der Waals surface area contributed by atoms with Gasteiger partial charge in [0.15, 0.2) is 0 Å². The van der Waals surface area contributed by atoms with Crippen LogP contribution in [0.5, 0.6) is 0 Å². The number of nitrogens with zero attached hydrogens (tertiary/aromatic N) is 1. The Balaban J connectivity index is 1.90. The van der Waals surface area contributed by atoms with E-state index in [9.17, 15) is 9.90 Å². The van der Waals surface area contributed by atoms with Gasteiger partial charge in [-0.15, -0.1) is 11.8 Å². The number of urea groups is 1. The predicted molar refractivity (Wildman–Crippen MR) is 91.2 cm³/mol. The van der Waals surface area contributed by atoms with E-state index < -0.39 is 0 Å². The molecule has 1 fully saturated rings. The first kappa shape index (κ1) is 17.2. The summed E-state index contributed by atoms with van der Waals surface area (Å²) < 4.78 is 0. The third-order valence-electron chi connectivity index (χ3n) is 4.10. The number of amides is 2. The second-order valence-corrected chi connectivity index (χ2v) is 7.15. The zero-order chi connectivity index (χ0) is 15.9. The summed E-state index contributed by atoms with van der Waals surface area (Å²) in [5, 5.41) is 12.3. The zero-order valence-electron chi connectivity index (χ0n) is 13.4. The SMILES string of the molecule is CCSc1ccc([C@@H](C)NC(=O)N2CCC[C@H](CO)C2)cc1. The smallest absolute Gasteiger partial charge is 0.317 e. The molecule has 1 aliphatic heterocycles. The summed E-state index contributed by atoms with van der Waals surface area (Å²) in [5.41, 5.74) is 1.12. The van der Waals surface area contributed by atoms with Crippen molar-refractivity contribution in [2.75, 3.05) is 25.4 Å². The molecule has 122 valence electrons. The molecule has 2 N–H and O–H groups in total. The van der Waals surface area contributed by atoms with Crippen molar-refractivity contribution in [1.82, 2.24) is 10.2 Å². The van der Waals surface area contributed by atoms with E-state index in [4.69, 9.17) is 0 Å². The second-order valence-electron chi connectivity index (χ2n) is 5.81. The maximum absolute atomic E-state index is 12.3. The summed E-state index contributed by atoms with van der Waals surface area (Å²) in [4.78, 5) is 15.4. The highest BCUT2D eigenvalue weighted by Crippen LogP contribution is 2.21. The molecule has 2 amide bonds. The molecule has 0 saturated carbocycles. The maximum Gasteiger partial charge on any atom is 0.317 e. The number of hydrogen-bond acceptors (Lipinski definition) is 3. The van der Waals surface area contributed by atoms with E-state index in [1.807, 2.05) is 23.6 Å². The highest BCUT2D eigenvalue weighted by Gasteiger charge is 2.24. The summed E-state index contributed by atoms with van der Waals surface area (Å²) in [7, 11) is 0. The molecule has 1 heterocycles. The van der Waals surface area contributed by atoms with Crippen molar-refractivity contribution in [3.63, 3.8) is 0 Å². The molecule has 2 atom stereocenters. The molecule has 0 radical (unpaired) electrons. The van der Waals surface area contributed by atoms with Gasteiger partial charge in [-0.1, -0.05) is 19.1 Å². The van der Waals surface area contributed by atoms with Crippen LogP contribution in [0, 0.1) is 5.92 Å². The molecule has 1 aromatic rings. The molecule has 0 aromatic heterocycles. The van der Waals surface area contributed by atoms with Gasteiger partial charge < -0.3 is 15.3 Å². The van der Waals surface area contributed by atoms with Gasteiger partial charge in [-0.3, -0.25) is 0 Å². The Bertz CT molecular complexity index is 478. The van der Waals surface area contributed by atoms with Crippen molar-refractivity contribution < 1.29 is 9.90 Å². The molecule has 1 saturated heterocycles. The second kappa shape index (κ2) is 8.44. The van der Waals surface area contributed by atoms with Gasteiger partial charge in [-0.25, -0.2) is 4.79 Å². The number of thioether (sulfide) groups is 1. The van der Waals surface area contributed by atoms with Crippen molar-refractivity contribution in [2.24, 2.45) is 5.92 Å². The average Bonchev–Trinajstić information content (AvgIpc) is 2.55. The number of aliphatic hydroxyl groups excluding tert-OH is 1. The van der Waals surface area contributed by atoms with E-state index >= 15 is 0 Å². The van der Waals surface area contributed by atoms with Gasteiger partial charge in [0.25, 0.3) is 0 Å². The van der Waals surface area contributed by atoms with Crippen LogP contribution >= 0.6 is 11.8 Å². The Morgan fingerprint density at radius 3 is 2.82 bits per heavy atom. The molecular formula is C17H26N2O2S. The Labute approximate surface area is 137 Å². The van der Waals surface area contributed by atoms with E-state index in [1.165, 1.54) is 4.90 Å². The van der Waals surface area contributed by atoms with Gasteiger partial charge in [-0.2, -0.15) is 0 Å². The van der Waals surface area contributed by atoms with E-state index in [1.54, 1.807) is 0 Å². The number of hydrogen-bond donors (Lipinski definition) is 2. The Kier molecular flexibility index (Phi) is 6.58. The zero-order valence-corrected chi connectivity index (χ0v) is 14.2. The number of carbonyl (C=O) groups excluding carboxylic acids is 1. The van der Waals surface area contributed by atoms with Gasteiger partial charge in [0, 0.05) is 24.6 Å². The lowest BCUT2D eigenvalue weighted by molar-refractivity contribution is 0.128. The number of nitrogens with one attached hydrogen (secondary N) is 1. The van der Waals surface area contributed by atoms with E-state index in [2.05, 4.69) is 36.5 Å². The van der Waals surface area contributed by atoms with Gasteiger partial charge in [0.05, 0.1) is 6.04 Å². The first-order chi connectivity index (χ1) is 10.6. The number of aliphatic hydroxyl groups is 1. The van der Waals surface area contributed by atoms with Crippen LogP contribution in [-0.4, -0.2) is 41.5 Å². The minimum Gasteiger partial charge on any atom is -0.396 e. The van der Waals surface area contributed by atoms with E-state index in [-0.39, 0.29) is 24.6 Å². The third kappa shape index (κ3) is 4.65. The highest BCUT2D eigenvalue weighted by atomic mass is 32.2. The van der Waals surface area contributed by atoms with E-state index in [0.717, 1.165) is 30.7 Å². The Morgan fingerprint density at radius 2 is 2.18 bits per heavy atom. The van der Waals surface area contributed by atoms with Gasteiger partial charge >= 0.3 is 6.03 Å². The highest BCUT2D eigenvalue weighted by molar-refractivity contribution is 7.99. The van der Waals surface area contributed by atoms with Gasteiger partial charge in [0.2, 0.25) is 0 Å². The number of likely N-dealkylation sites (tertiary alicyclic amines) is 1. The van der Waals surface area contributed by atoms with Crippen molar-refractivity contribution >= 4 is 17.8 Å². The largest absolute Gasteiger partial charge is 0.396 e. The lowest BCUT2D eigenvalue weighted by Gasteiger charge is -2.32. The first-order valence-electron chi connectivity index (χ1n) is 8.03. The molecule has 22 heavy (non-hydrogen) atoms. The van der Waals surface area contributed by atoms with Gasteiger partial charge in [0.1, 0.15) is 0 Å². The van der Waals surface area contributed by atoms with Crippen LogP contribution < -0.4 is 5.32 Å². The fourth-order valence-electron chi connectivity index (χ4n) is 2.78. The fraction of sp³-hybridized carbons (Fsp3) is 0.588. The Morgan fingerprint density at radius 1 is 1.45 bits per heavy atom. The van der Waals surface area contributed by atoms with Crippen LogP contribution in [0.25, 0.3) is 0 Å². The van der Waals surface area contributed by atoms with Gasteiger partial charge in [-0.05, 0) is 49.1 Å². The van der Waals surface area contributed by atoms with Crippen molar-refractivity contribution in [2.45, 2.75) is 37.6 Å². The van der Waals surface area contributed by atoms with Crippen LogP contribution in [-0.2, 0) is 0 Å². The molecule has 4 nitrogen and oxygen atoms in total. The van der Waals surface area contributed by atoms with Crippen LogP contribution in [0.2, 0.25) is 0 Å². The molecule has 5 heteroatoms. The average molecular weight is 322 g/mol. The minimum atomic E-state index is -0.0299. The number of piperidine rings is 1. The monoisotopic (exact) mass is 322 g/mol. The van der Waals surface area contributed by atoms with Crippen LogP contribution in [0.3, 0.4) is 0 Å². The standard InChI is InChI=1S/C17H26N2O2S/c1-3-22-16-8-6-15(7-9-16)13(2)18-17(21)19-10-4-5-14(11-19)12-20/h6-9,13-14,20H,3-5,10-12H2,1-2H3,(H,18,21)/t13-,14+/m1/s1. The molecule has 2 rings (SSSR count). The Hall–Kier alpha value is -1.20. The summed E-state index contributed by atoms with van der Waals surface area (Å²) in [6.07, 6.45) is 1.97. The molecule has 0 bridgehead atoms. The summed E-state index contributed by atoms with van der Waals surface area (Å²) in [6.45, 7) is 5.74. The normalized spacial score (nSPS) is 19.8. The summed E-state index contributed by atoms with van der Waals surface area (Å²) >= 11 is 1.82. The van der Waals surface area contributed by atoms with Crippen molar-refractivity contribution in [1.29, 1.82) is 0 Å². The molecule has 1 aromatic carbocycles. The van der Waals surface area contributed by atoms with Crippen molar-refractivity contribution in [3.8, 4) is 0 Å². The van der Waals surface area contributed by atoms with Crippen LogP contribution in [0.1, 0.15) is 38.3 Å². The van der Waals surface area contributed by atoms with Crippen LogP contribution in [0.15, 0.2) is 29.2 Å². The van der Waals surface area contributed by atoms with Crippen LogP contribution in [0.4, 0.5) is 4.79 Å². The molecular weight excluding hydrogens is 296 g/mol. The summed E-state index contributed by atoms with van der Waals surface area (Å²) in [5.74, 6) is 1.28. The lowest BCUT2D eigenvalue weighted by atomic mass is 9.99. The lowest BCUT2D eigenvalue weighted by Crippen LogP contribution is -2.46. The number of benzene rings is 1. The number of rotatable bonds is 5. The number of carbonyl (C=O) groups is 1. The fourth-order valence-corrected chi connectivity index (χ4v) is 3.44. The quantitative estimate of drug-likeness (QED) is 0.818. The predicted octanol–water partition coefficient (Wildman–Crippen LogP) is 3.27. The molecule has 1 aliphatic rings. The minimum absolute atomic E-state index is 0.0114. The molecule has 0 spiro atoms. The first-order valence-corrected chi connectivity index (χ1v) is 9.01. The molecule has 0 aliphatic carbocycles. The maximum atomic E-state index is 12.3. The van der Waals surface area contributed by atoms with Crippen molar-refractivity contribution in [3.05, 3.63) is 29.8 Å². The van der Waals surface area contributed by atoms with E-state index in [0.29, 0.717) is 6.54 Å². The summed E-state index contributed by atoms with van der Waals surface area (Å²) in [6, 6.07) is 8.33.